The summed E-state index contributed by atoms with van der Waals surface area (Å²) in [6.07, 6.45) is 0. The van der Waals surface area contributed by atoms with Gasteiger partial charge >= 0.3 is 5.97 Å². The third-order valence-corrected chi connectivity index (χ3v) is 4.96. The van der Waals surface area contributed by atoms with Crippen LogP contribution in [0.1, 0.15) is 34.1 Å². The first-order chi connectivity index (χ1) is 10.2. The van der Waals surface area contributed by atoms with Crippen molar-refractivity contribution in [2.45, 2.75) is 17.9 Å². The molecule has 5 rings (SSSR count). The summed E-state index contributed by atoms with van der Waals surface area (Å²) < 4.78 is 5.02. The Morgan fingerprint density at radius 2 is 1.33 bits per heavy atom. The van der Waals surface area contributed by atoms with Crippen LogP contribution in [-0.4, -0.2) is 19.1 Å². The summed E-state index contributed by atoms with van der Waals surface area (Å²) in [4.78, 5) is 12.3. The summed E-state index contributed by atoms with van der Waals surface area (Å²) in [6, 6.07) is 16.4. The molecule has 3 aliphatic rings. The molecule has 0 aliphatic heterocycles. The van der Waals surface area contributed by atoms with Crippen LogP contribution >= 0.6 is 0 Å². The third kappa shape index (κ3) is 1.55. The Kier molecular flexibility index (Phi) is 2.66. The lowest BCUT2D eigenvalue weighted by atomic mass is 9.57. The molecule has 0 aromatic heterocycles. The van der Waals surface area contributed by atoms with Gasteiger partial charge in [0.25, 0.3) is 0 Å². The molecule has 2 atom stereocenters. The van der Waals surface area contributed by atoms with Crippen molar-refractivity contribution in [3.8, 4) is 0 Å². The second-order valence-corrected chi connectivity index (χ2v) is 5.84. The van der Waals surface area contributed by atoms with E-state index in [0.717, 1.165) is 0 Å². The van der Waals surface area contributed by atoms with Crippen LogP contribution in [0.3, 0.4) is 0 Å². The summed E-state index contributed by atoms with van der Waals surface area (Å²) in [7, 11) is 1.44. The number of hydrogen-bond donors (Lipinski definition) is 1. The van der Waals surface area contributed by atoms with E-state index in [-0.39, 0.29) is 29.8 Å². The Labute approximate surface area is 123 Å². The Balaban J connectivity index is 2.00. The fourth-order valence-corrected chi connectivity index (χ4v) is 4.15. The molecule has 21 heavy (non-hydrogen) atoms. The van der Waals surface area contributed by atoms with Gasteiger partial charge < -0.3 is 10.5 Å². The van der Waals surface area contributed by atoms with Crippen LogP contribution in [0.2, 0.25) is 0 Å². The molecule has 3 aliphatic carbocycles. The van der Waals surface area contributed by atoms with Gasteiger partial charge in [-0.2, -0.15) is 0 Å². The first-order valence-corrected chi connectivity index (χ1v) is 7.25. The summed E-state index contributed by atoms with van der Waals surface area (Å²) in [5.74, 6) is -0.428. The van der Waals surface area contributed by atoms with Gasteiger partial charge in [-0.25, -0.2) is 0 Å². The third-order valence-electron chi connectivity index (χ3n) is 4.96. The minimum Gasteiger partial charge on any atom is -0.469 e. The zero-order valence-electron chi connectivity index (χ0n) is 11.8. The van der Waals surface area contributed by atoms with Crippen molar-refractivity contribution in [2.24, 2.45) is 11.7 Å². The van der Waals surface area contributed by atoms with Crippen LogP contribution in [0.5, 0.6) is 0 Å². The predicted molar refractivity (Wildman–Crippen MR) is 80.1 cm³/mol. The molecule has 0 unspecified atom stereocenters. The average molecular weight is 279 g/mol. The highest BCUT2D eigenvalue weighted by Gasteiger charge is 2.51. The maximum atomic E-state index is 12.3. The lowest BCUT2D eigenvalue weighted by Crippen LogP contribution is -2.51. The molecule has 0 saturated carbocycles. The number of esters is 1. The second-order valence-electron chi connectivity index (χ2n) is 5.84. The number of ether oxygens (including phenoxy) is 1. The van der Waals surface area contributed by atoms with Gasteiger partial charge in [0, 0.05) is 17.9 Å². The van der Waals surface area contributed by atoms with Crippen LogP contribution in [0.4, 0.5) is 0 Å². The van der Waals surface area contributed by atoms with Gasteiger partial charge in [0.1, 0.15) is 0 Å². The number of benzene rings is 2. The molecule has 0 heterocycles. The van der Waals surface area contributed by atoms with Crippen molar-refractivity contribution < 1.29 is 9.53 Å². The van der Waals surface area contributed by atoms with E-state index in [1.807, 2.05) is 24.3 Å². The van der Waals surface area contributed by atoms with Gasteiger partial charge in [-0.15, -0.1) is 0 Å². The smallest absolute Gasteiger partial charge is 0.311 e. The van der Waals surface area contributed by atoms with Crippen LogP contribution < -0.4 is 5.73 Å². The Morgan fingerprint density at radius 3 is 1.76 bits per heavy atom. The molecule has 0 saturated heterocycles. The monoisotopic (exact) mass is 279 g/mol. The van der Waals surface area contributed by atoms with Crippen LogP contribution in [0.15, 0.2) is 48.5 Å². The molecule has 106 valence electrons. The molecule has 2 aromatic carbocycles. The molecule has 0 fully saturated rings. The summed E-state index contributed by atoms with van der Waals surface area (Å²) in [5.41, 5.74) is 11.4. The highest BCUT2D eigenvalue weighted by molar-refractivity contribution is 5.79. The fourth-order valence-electron chi connectivity index (χ4n) is 4.15. The first kappa shape index (κ1) is 12.6. The standard InChI is InChI=1S/C18H17NO2/c1-21-18(20)16-14-10-6-2-4-8-12(10)15(17(16)19)13-9-5-3-7-11(13)14/h2-9,14-17H,19H2,1H3/t14-,15+,16-,17+/m1/s1. The van der Waals surface area contributed by atoms with Gasteiger partial charge in [0.2, 0.25) is 0 Å². The van der Waals surface area contributed by atoms with Gasteiger partial charge in [0.05, 0.1) is 13.0 Å². The molecule has 0 amide bonds. The van der Waals surface area contributed by atoms with Crippen LogP contribution in [-0.2, 0) is 9.53 Å². The average Bonchev–Trinajstić information content (AvgIpc) is 2.54. The second kappa shape index (κ2) is 4.43. The van der Waals surface area contributed by atoms with Crippen LogP contribution in [0.25, 0.3) is 0 Å². The maximum absolute atomic E-state index is 12.3. The Bertz CT molecular complexity index is 677. The van der Waals surface area contributed by atoms with Crippen LogP contribution in [0, 0.1) is 5.92 Å². The number of methoxy groups -OCH3 is 1. The Hall–Kier alpha value is -2.13. The van der Waals surface area contributed by atoms with E-state index in [1.165, 1.54) is 29.4 Å². The van der Waals surface area contributed by atoms with E-state index >= 15 is 0 Å². The van der Waals surface area contributed by atoms with E-state index in [9.17, 15) is 4.79 Å². The summed E-state index contributed by atoms with van der Waals surface area (Å²) >= 11 is 0. The predicted octanol–water partition coefficient (Wildman–Crippen LogP) is 2.39. The molecule has 2 aromatic rings. The highest BCUT2D eigenvalue weighted by Crippen LogP contribution is 2.54. The normalized spacial score (nSPS) is 28.7. The number of rotatable bonds is 1. The quantitative estimate of drug-likeness (QED) is 0.815. The summed E-state index contributed by atoms with van der Waals surface area (Å²) in [5, 5.41) is 0. The van der Waals surface area contributed by atoms with Crippen molar-refractivity contribution in [3.05, 3.63) is 70.8 Å². The first-order valence-electron chi connectivity index (χ1n) is 7.25. The number of hydrogen-bond acceptors (Lipinski definition) is 3. The van der Waals surface area contributed by atoms with E-state index in [0.29, 0.717) is 0 Å². The molecular formula is C18H17NO2. The fraction of sp³-hybridized carbons (Fsp3) is 0.278. The molecule has 0 radical (unpaired) electrons. The van der Waals surface area contributed by atoms with E-state index in [4.69, 9.17) is 10.5 Å². The largest absolute Gasteiger partial charge is 0.469 e. The molecule has 0 spiro atoms. The van der Waals surface area contributed by atoms with Crippen molar-refractivity contribution in [1.29, 1.82) is 0 Å². The summed E-state index contributed by atoms with van der Waals surface area (Å²) in [6.45, 7) is 0. The van der Waals surface area contributed by atoms with E-state index in [1.54, 1.807) is 0 Å². The van der Waals surface area contributed by atoms with E-state index in [2.05, 4.69) is 24.3 Å². The number of fused-ring (bicyclic) bond motifs is 1. The van der Waals surface area contributed by atoms with Gasteiger partial charge in [-0.3, -0.25) is 4.79 Å². The SMILES string of the molecule is COC(=O)[C@@H]1[C@H]2c3ccccc3[C@H](c3ccccc32)[C@@H]1N. The minimum absolute atomic E-state index is 0.00449. The molecular weight excluding hydrogens is 262 g/mol. The van der Waals surface area contributed by atoms with Gasteiger partial charge in [-0.1, -0.05) is 48.5 Å². The number of carbonyl (C=O) groups is 1. The lowest BCUT2D eigenvalue weighted by Gasteiger charge is -2.48. The lowest BCUT2D eigenvalue weighted by molar-refractivity contribution is -0.147. The molecule has 3 nitrogen and oxygen atoms in total. The van der Waals surface area contributed by atoms with Crippen molar-refractivity contribution in [3.63, 3.8) is 0 Å². The van der Waals surface area contributed by atoms with Crippen molar-refractivity contribution in [2.75, 3.05) is 7.11 Å². The maximum Gasteiger partial charge on any atom is 0.311 e. The molecule has 2 bridgehead atoms. The minimum atomic E-state index is -0.301. The zero-order valence-corrected chi connectivity index (χ0v) is 11.8. The molecule has 3 heteroatoms. The number of nitrogens with two attached hydrogens (primary N) is 1. The Morgan fingerprint density at radius 1 is 0.905 bits per heavy atom. The van der Waals surface area contributed by atoms with Crippen molar-refractivity contribution in [1.82, 2.24) is 0 Å². The van der Waals surface area contributed by atoms with Gasteiger partial charge in [-0.05, 0) is 22.3 Å². The zero-order chi connectivity index (χ0) is 14.6. The van der Waals surface area contributed by atoms with E-state index < -0.39 is 0 Å². The topological polar surface area (TPSA) is 52.3 Å². The molecule has 2 N–H and O–H groups in total. The highest BCUT2D eigenvalue weighted by atomic mass is 16.5. The number of carbonyl (C=O) groups excluding carboxylic acids is 1. The van der Waals surface area contributed by atoms with Crippen molar-refractivity contribution >= 4 is 5.97 Å². The van der Waals surface area contributed by atoms with Gasteiger partial charge in [0.15, 0.2) is 0 Å².